The van der Waals surface area contributed by atoms with Gasteiger partial charge in [-0.1, -0.05) is 12.1 Å². The van der Waals surface area contributed by atoms with Gasteiger partial charge in [-0.2, -0.15) is 0 Å². The van der Waals surface area contributed by atoms with Crippen molar-refractivity contribution in [3.63, 3.8) is 0 Å². The number of ether oxygens (including phenoxy) is 3. The van der Waals surface area contributed by atoms with Gasteiger partial charge in [0.2, 0.25) is 0 Å². The van der Waals surface area contributed by atoms with E-state index >= 15 is 0 Å². The van der Waals surface area contributed by atoms with Gasteiger partial charge in [-0.25, -0.2) is 4.79 Å². The predicted molar refractivity (Wildman–Crippen MR) is 146 cm³/mol. The lowest BCUT2D eigenvalue weighted by Gasteiger charge is -2.25. The van der Waals surface area contributed by atoms with Crippen molar-refractivity contribution in [2.24, 2.45) is 0 Å². The van der Waals surface area contributed by atoms with Crippen LogP contribution in [0.2, 0.25) is 0 Å². The standard InChI is InChI=1S/C25H23I2NO7/c1-2-33-23(31)22(28-24(32)25(26,27)35-21-13-7-18(30)8-14-21)15-16-3-9-19(10-4-16)34-20-11-5-17(29)6-12-20/h3-14,22,29-30H,2,15H2,1H3,(H,28,32)/t22-/m0/s1. The van der Waals surface area contributed by atoms with Crippen LogP contribution in [-0.2, 0) is 20.7 Å². The molecule has 0 heterocycles. The summed E-state index contributed by atoms with van der Waals surface area (Å²) in [5, 5.41) is 21.5. The van der Waals surface area contributed by atoms with Crippen molar-refractivity contribution >= 4 is 57.1 Å². The Morgan fingerprint density at radius 1 is 0.857 bits per heavy atom. The molecule has 3 N–H and O–H groups in total. The number of halogens is 2. The van der Waals surface area contributed by atoms with E-state index in [1.165, 1.54) is 24.3 Å². The second-order valence-corrected chi connectivity index (χ2v) is 12.4. The first-order valence-electron chi connectivity index (χ1n) is 10.6. The molecule has 1 amide bonds. The molecular formula is C25H23I2NO7. The van der Waals surface area contributed by atoms with Crippen LogP contribution >= 0.6 is 45.2 Å². The molecular weight excluding hydrogens is 680 g/mol. The fraction of sp³-hybridized carbons (Fsp3) is 0.200. The van der Waals surface area contributed by atoms with Crippen LogP contribution in [0.25, 0.3) is 0 Å². The summed E-state index contributed by atoms with van der Waals surface area (Å²) in [6, 6.07) is 18.5. The van der Waals surface area contributed by atoms with E-state index in [0.29, 0.717) is 17.2 Å². The van der Waals surface area contributed by atoms with Crippen molar-refractivity contribution in [2.75, 3.05) is 6.61 Å². The van der Waals surface area contributed by atoms with Crippen molar-refractivity contribution in [1.82, 2.24) is 5.32 Å². The number of carbonyl (C=O) groups excluding carboxylic acids is 2. The number of aromatic hydroxyl groups is 2. The van der Waals surface area contributed by atoms with Crippen LogP contribution < -0.4 is 14.8 Å². The zero-order valence-electron chi connectivity index (χ0n) is 18.6. The van der Waals surface area contributed by atoms with Crippen LogP contribution in [0, 0.1) is 0 Å². The molecule has 0 bridgehead atoms. The summed E-state index contributed by atoms with van der Waals surface area (Å²) < 4.78 is 15.3. The number of esters is 1. The van der Waals surface area contributed by atoms with E-state index in [1.807, 2.05) is 45.2 Å². The molecule has 0 aromatic heterocycles. The average Bonchev–Trinajstić information content (AvgIpc) is 2.82. The van der Waals surface area contributed by atoms with Crippen molar-refractivity contribution in [3.05, 3.63) is 78.4 Å². The van der Waals surface area contributed by atoms with E-state index in [1.54, 1.807) is 55.5 Å². The highest BCUT2D eigenvalue weighted by Crippen LogP contribution is 2.32. The third-order valence-electron chi connectivity index (χ3n) is 4.66. The minimum atomic E-state index is -1.35. The largest absolute Gasteiger partial charge is 0.508 e. The van der Waals surface area contributed by atoms with Gasteiger partial charge in [-0.15, -0.1) is 0 Å². The summed E-state index contributed by atoms with van der Waals surface area (Å²) in [7, 11) is 0. The molecule has 1 atom stereocenters. The maximum atomic E-state index is 13.0. The third-order valence-corrected chi connectivity index (χ3v) is 6.08. The highest BCUT2D eigenvalue weighted by atomic mass is 127. The summed E-state index contributed by atoms with van der Waals surface area (Å²) >= 11 is 3.69. The van der Waals surface area contributed by atoms with Crippen molar-refractivity contribution in [3.8, 4) is 28.7 Å². The highest BCUT2D eigenvalue weighted by Gasteiger charge is 2.37. The minimum Gasteiger partial charge on any atom is -0.508 e. The summed E-state index contributed by atoms with van der Waals surface area (Å²) in [4.78, 5) is 25.6. The number of phenolic OH excluding ortho intramolecular Hbond substituents is 2. The van der Waals surface area contributed by atoms with E-state index in [2.05, 4.69) is 5.32 Å². The molecule has 0 aliphatic heterocycles. The molecule has 184 valence electrons. The number of hydrogen-bond acceptors (Lipinski definition) is 7. The second-order valence-electron chi connectivity index (χ2n) is 7.33. The molecule has 0 saturated carbocycles. The predicted octanol–water partition coefficient (Wildman–Crippen LogP) is 5.08. The Labute approximate surface area is 229 Å². The zero-order chi connectivity index (χ0) is 25.4. The molecule has 0 unspecified atom stereocenters. The van der Waals surface area contributed by atoms with Gasteiger partial charge in [0.1, 0.15) is 34.8 Å². The molecule has 0 aliphatic carbocycles. The van der Waals surface area contributed by atoms with E-state index in [9.17, 15) is 19.8 Å². The summed E-state index contributed by atoms with van der Waals surface area (Å²) in [6.45, 7) is 1.87. The van der Waals surface area contributed by atoms with Crippen LogP contribution in [0.1, 0.15) is 12.5 Å². The number of alkyl halides is 2. The van der Waals surface area contributed by atoms with E-state index < -0.39 is 19.5 Å². The Morgan fingerprint density at radius 2 is 1.34 bits per heavy atom. The smallest absolute Gasteiger partial charge is 0.328 e. The number of amides is 1. The van der Waals surface area contributed by atoms with Crippen molar-refractivity contribution in [1.29, 1.82) is 0 Å². The normalized spacial score (nSPS) is 11.9. The van der Waals surface area contributed by atoms with Crippen LogP contribution in [0.3, 0.4) is 0 Å². The Bertz CT molecular complexity index is 1130. The van der Waals surface area contributed by atoms with Gasteiger partial charge in [0.05, 0.1) is 6.61 Å². The van der Waals surface area contributed by atoms with Crippen molar-refractivity contribution < 1.29 is 34.0 Å². The van der Waals surface area contributed by atoms with E-state index in [-0.39, 0.29) is 24.5 Å². The van der Waals surface area contributed by atoms with Gasteiger partial charge in [0.15, 0.2) is 0 Å². The molecule has 35 heavy (non-hydrogen) atoms. The first-order valence-corrected chi connectivity index (χ1v) is 12.7. The lowest BCUT2D eigenvalue weighted by Crippen LogP contribution is -2.50. The number of carbonyl (C=O) groups is 2. The number of phenols is 2. The SMILES string of the molecule is CCOC(=O)[C@H](Cc1ccc(Oc2ccc(O)cc2)cc1)NC(=O)C(I)(I)Oc1ccc(O)cc1. The Balaban J connectivity index is 1.67. The lowest BCUT2D eigenvalue weighted by atomic mass is 10.1. The average molecular weight is 703 g/mol. The monoisotopic (exact) mass is 703 g/mol. The number of benzene rings is 3. The quantitative estimate of drug-likeness (QED) is 0.153. The topological polar surface area (TPSA) is 114 Å². The second kappa shape index (κ2) is 12.3. The maximum absolute atomic E-state index is 13.0. The summed E-state index contributed by atoms with van der Waals surface area (Å²) in [6.07, 6.45) is 0.201. The number of hydrogen-bond donors (Lipinski definition) is 3. The first kappa shape index (κ1) is 26.9. The van der Waals surface area contributed by atoms with Crippen LogP contribution in [0.4, 0.5) is 0 Å². The van der Waals surface area contributed by atoms with E-state index in [0.717, 1.165) is 5.56 Å². The fourth-order valence-corrected chi connectivity index (χ4v) is 3.79. The van der Waals surface area contributed by atoms with Gasteiger partial charge < -0.3 is 29.7 Å². The molecule has 0 radical (unpaired) electrons. The van der Waals surface area contributed by atoms with Gasteiger partial charge in [-0.05, 0) is 118 Å². The number of nitrogens with one attached hydrogen (secondary N) is 1. The van der Waals surface area contributed by atoms with Gasteiger partial charge >= 0.3 is 5.97 Å². The minimum absolute atomic E-state index is 0.0798. The lowest BCUT2D eigenvalue weighted by molar-refractivity contribution is -0.147. The number of rotatable bonds is 10. The highest BCUT2D eigenvalue weighted by molar-refractivity contribution is 14.2. The maximum Gasteiger partial charge on any atom is 0.328 e. The van der Waals surface area contributed by atoms with Gasteiger partial charge in [0.25, 0.3) is 7.52 Å². The summed E-state index contributed by atoms with van der Waals surface area (Å²) in [5.74, 6) is 0.693. The molecule has 3 rings (SSSR count). The molecule has 0 spiro atoms. The van der Waals surface area contributed by atoms with Crippen molar-refractivity contribution in [2.45, 2.75) is 21.0 Å². The fourth-order valence-electron chi connectivity index (χ4n) is 2.97. The first-order chi connectivity index (χ1) is 16.7. The summed E-state index contributed by atoms with van der Waals surface area (Å²) in [5.41, 5.74) is 0.786. The Morgan fingerprint density at radius 3 is 1.86 bits per heavy atom. The molecule has 8 nitrogen and oxygen atoms in total. The van der Waals surface area contributed by atoms with E-state index in [4.69, 9.17) is 14.2 Å². The van der Waals surface area contributed by atoms with Gasteiger partial charge in [0, 0.05) is 6.42 Å². The van der Waals surface area contributed by atoms with Gasteiger partial charge in [-0.3, -0.25) is 4.79 Å². The van der Waals surface area contributed by atoms with Crippen LogP contribution in [-0.4, -0.2) is 36.4 Å². The molecule has 0 saturated heterocycles. The Kier molecular flexibility index (Phi) is 9.43. The molecule has 10 heteroatoms. The third kappa shape index (κ3) is 8.16. The van der Waals surface area contributed by atoms with Crippen LogP contribution in [0.15, 0.2) is 72.8 Å². The Hall–Kier alpha value is -2.74. The molecule has 0 fully saturated rings. The molecule has 0 aliphatic rings. The molecule has 3 aromatic rings. The van der Waals surface area contributed by atoms with Crippen LogP contribution in [0.5, 0.6) is 28.7 Å². The zero-order valence-corrected chi connectivity index (χ0v) is 22.9. The molecule has 3 aromatic carbocycles.